The van der Waals surface area contributed by atoms with Crippen LogP contribution in [0.1, 0.15) is 19.4 Å². The van der Waals surface area contributed by atoms with Crippen LogP contribution < -0.4 is 16.0 Å². The van der Waals surface area contributed by atoms with Crippen molar-refractivity contribution in [2.45, 2.75) is 13.8 Å². The molecule has 3 N–H and O–H groups in total. The lowest BCUT2D eigenvalue weighted by Crippen LogP contribution is -2.41. The number of urea groups is 1. The van der Waals surface area contributed by atoms with E-state index in [1.54, 1.807) is 37.3 Å². The van der Waals surface area contributed by atoms with Crippen LogP contribution in [-0.2, 0) is 19.1 Å². The largest absolute Gasteiger partial charge is 0.451 e. The highest BCUT2D eigenvalue weighted by Crippen LogP contribution is 2.06. The molecule has 8 heteroatoms. The van der Waals surface area contributed by atoms with Gasteiger partial charge in [-0.25, -0.2) is 9.59 Å². The van der Waals surface area contributed by atoms with Gasteiger partial charge in [-0.1, -0.05) is 30.3 Å². The van der Waals surface area contributed by atoms with Crippen LogP contribution in [0.2, 0.25) is 0 Å². The predicted molar refractivity (Wildman–Crippen MR) is 86.4 cm³/mol. The van der Waals surface area contributed by atoms with Gasteiger partial charge in [-0.3, -0.25) is 14.9 Å². The lowest BCUT2D eigenvalue weighted by atomic mass is 10.2. The van der Waals surface area contributed by atoms with Crippen molar-refractivity contribution in [3.63, 3.8) is 0 Å². The Balaban J connectivity index is 2.69. The first-order valence-electron chi connectivity index (χ1n) is 7.21. The number of carbonyl (C=O) groups excluding carboxylic acids is 4. The number of carbonyl (C=O) groups is 4. The van der Waals surface area contributed by atoms with Crippen molar-refractivity contribution in [2.24, 2.45) is 0 Å². The molecule has 4 amide bonds. The molecule has 0 aromatic heterocycles. The summed E-state index contributed by atoms with van der Waals surface area (Å²) in [5, 5.41) is 6.71. The van der Waals surface area contributed by atoms with Crippen LogP contribution in [0.4, 0.5) is 4.79 Å². The first kappa shape index (κ1) is 18.9. The fourth-order valence-corrected chi connectivity index (χ4v) is 1.63. The molecule has 0 bridgehead atoms. The van der Waals surface area contributed by atoms with E-state index < -0.39 is 30.4 Å². The Morgan fingerprint density at radius 3 is 2.33 bits per heavy atom. The Morgan fingerprint density at radius 2 is 1.75 bits per heavy atom. The molecule has 0 radical (unpaired) electrons. The van der Waals surface area contributed by atoms with E-state index >= 15 is 0 Å². The fraction of sp³-hybridized carbons (Fsp3) is 0.250. The maximum atomic E-state index is 12.0. The van der Waals surface area contributed by atoms with Gasteiger partial charge >= 0.3 is 12.0 Å². The maximum Gasteiger partial charge on any atom is 0.355 e. The van der Waals surface area contributed by atoms with Crippen molar-refractivity contribution < 1.29 is 23.9 Å². The number of ether oxygens (including phenoxy) is 1. The summed E-state index contributed by atoms with van der Waals surface area (Å²) in [5.74, 6) is -2.13. The van der Waals surface area contributed by atoms with Gasteiger partial charge in [-0.15, -0.1) is 0 Å². The maximum absolute atomic E-state index is 12.0. The lowest BCUT2D eigenvalue weighted by Gasteiger charge is -2.09. The van der Waals surface area contributed by atoms with Crippen LogP contribution >= 0.6 is 0 Å². The zero-order valence-electron chi connectivity index (χ0n) is 13.4. The number of nitrogens with one attached hydrogen (secondary N) is 3. The molecule has 0 aliphatic carbocycles. The van der Waals surface area contributed by atoms with E-state index in [4.69, 9.17) is 4.74 Å². The van der Waals surface area contributed by atoms with Gasteiger partial charge in [-0.05, 0) is 18.6 Å². The minimum atomic E-state index is -0.889. The van der Waals surface area contributed by atoms with E-state index in [0.29, 0.717) is 12.1 Å². The van der Waals surface area contributed by atoms with E-state index in [1.807, 2.05) is 5.32 Å². The van der Waals surface area contributed by atoms with Crippen molar-refractivity contribution in [1.82, 2.24) is 16.0 Å². The van der Waals surface area contributed by atoms with Crippen molar-refractivity contribution in [3.05, 3.63) is 41.6 Å². The highest BCUT2D eigenvalue weighted by molar-refractivity contribution is 6.00. The second kappa shape index (κ2) is 9.78. The Hall–Kier alpha value is -3.16. The van der Waals surface area contributed by atoms with Crippen LogP contribution in [-0.4, -0.2) is 37.0 Å². The van der Waals surface area contributed by atoms with Gasteiger partial charge in [0.05, 0.1) is 0 Å². The molecule has 24 heavy (non-hydrogen) atoms. The smallest absolute Gasteiger partial charge is 0.355 e. The van der Waals surface area contributed by atoms with E-state index in [-0.39, 0.29) is 5.70 Å². The minimum Gasteiger partial charge on any atom is -0.451 e. The van der Waals surface area contributed by atoms with Crippen molar-refractivity contribution >= 4 is 29.9 Å². The van der Waals surface area contributed by atoms with Crippen LogP contribution in [0.25, 0.3) is 6.08 Å². The van der Waals surface area contributed by atoms with Gasteiger partial charge in [0.25, 0.3) is 5.91 Å². The number of rotatable bonds is 6. The highest BCUT2D eigenvalue weighted by Gasteiger charge is 2.15. The number of amides is 4. The Labute approximate surface area is 139 Å². The van der Waals surface area contributed by atoms with Gasteiger partial charge in [0.15, 0.2) is 6.61 Å². The van der Waals surface area contributed by atoms with E-state index in [0.717, 1.165) is 0 Å². The zero-order chi connectivity index (χ0) is 17.9. The molecular weight excluding hydrogens is 314 g/mol. The Kier molecular flexibility index (Phi) is 7.69. The number of imide groups is 1. The fourth-order valence-electron chi connectivity index (χ4n) is 1.63. The number of benzene rings is 1. The summed E-state index contributed by atoms with van der Waals surface area (Å²) < 4.78 is 4.80. The summed E-state index contributed by atoms with van der Waals surface area (Å²) in [6.45, 7) is 2.64. The van der Waals surface area contributed by atoms with Crippen molar-refractivity contribution in [3.8, 4) is 0 Å². The molecule has 0 spiro atoms. The molecule has 1 rings (SSSR count). The molecule has 8 nitrogen and oxygen atoms in total. The lowest BCUT2D eigenvalue weighted by molar-refractivity contribution is -0.145. The molecular formula is C16H19N3O5. The van der Waals surface area contributed by atoms with E-state index in [9.17, 15) is 19.2 Å². The molecule has 128 valence electrons. The summed E-state index contributed by atoms with van der Waals surface area (Å²) >= 11 is 0. The monoisotopic (exact) mass is 333 g/mol. The molecule has 0 heterocycles. The van der Waals surface area contributed by atoms with E-state index in [2.05, 4.69) is 10.6 Å². The summed E-state index contributed by atoms with van der Waals surface area (Å²) in [4.78, 5) is 45.9. The normalized spacial score (nSPS) is 10.5. The quantitative estimate of drug-likeness (QED) is 0.520. The number of hydrogen-bond acceptors (Lipinski definition) is 5. The number of hydrogen-bond donors (Lipinski definition) is 3. The van der Waals surface area contributed by atoms with Crippen molar-refractivity contribution in [2.75, 3.05) is 13.2 Å². The number of esters is 1. The van der Waals surface area contributed by atoms with Gasteiger partial charge in [0, 0.05) is 13.5 Å². The SMILES string of the molecule is CCNC(=O)NC(=O)COC(=O)/C(=C/c1ccccc1)NC(C)=O. The zero-order valence-corrected chi connectivity index (χ0v) is 13.4. The van der Waals surface area contributed by atoms with Gasteiger partial charge < -0.3 is 15.4 Å². The molecule has 1 aromatic carbocycles. The van der Waals surface area contributed by atoms with Gasteiger partial charge in [0.1, 0.15) is 5.70 Å². The molecule has 0 aliphatic heterocycles. The van der Waals surface area contributed by atoms with Crippen LogP contribution in [0.5, 0.6) is 0 Å². The Morgan fingerprint density at radius 1 is 1.08 bits per heavy atom. The Bertz CT molecular complexity index is 640. The topological polar surface area (TPSA) is 114 Å². The minimum absolute atomic E-state index is 0.112. The standard InChI is InChI=1S/C16H19N3O5/c1-3-17-16(23)19-14(21)10-24-15(22)13(18-11(2)20)9-12-7-5-4-6-8-12/h4-9H,3,10H2,1-2H3,(H,18,20)(H2,17,19,21,23)/b13-9-. The average molecular weight is 333 g/mol. The van der Waals surface area contributed by atoms with Crippen LogP contribution in [0, 0.1) is 0 Å². The molecule has 0 atom stereocenters. The first-order valence-corrected chi connectivity index (χ1v) is 7.21. The predicted octanol–water partition coefficient (Wildman–Crippen LogP) is 0.552. The summed E-state index contributed by atoms with van der Waals surface area (Å²) in [6.07, 6.45) is 1.42. The third-order valence-electron chi connectivity index (χ3n) is 2.57. The summed E-state index contributed by atoms with van der Waals surface area (Å²) in [6, 6.07) is 8.12. The molecule has 0 saturated carbocycles. The van der Waals surface area contributed by atoms with Crippen molar-refractivity contribution in [1.29, 1.82) is 0 Å². The van der Waals surface area contributed by atoms with E-state index in [1.165, 1.54) is 13.0 Å². The first-order chi connectivity index (χ1) is 11.4. The van der Waals surface area contributed by atoms with Gasteiger partial charge in [-0.2, -0.15) is 0 Å². The molecule has 0 unspecified atom stereocenters. The average Bonchev–Trinajstić information content (AvgIpc) is 2.52. The summed E-state index contributed by atoms with van der Waals surface area (Å²) in [5.41, 5.74) is 0.560. The van der Waals surface area contributed by atoms with Crippen LogP contribution in [0.15, 0.2) is 36.0 Å². The summed E-state index contributed by atoms with van der Waals surface area (Å²) in [7, 11) is 0. The molecule has 0 saturated heterocycles. The molecule has 0 aliphatic rings. The second-order valence-electron chi connectivity index (χ2n) is 4.63. The highest BCUT2D eigenvalue weighted by atomic mass is 16.5. The third kappa shape index (κ3) is 7.21. The second-order valence-corrected chi connectivity index (χ2v) is 4.63. The third-order valence-corrected chi connectivity index (χ3v) is 2.57. The molecule has 0 fully saturated rings. The van der Waals surface area contributed by atoms with Crippen LogP contribution in [0.3, 0.4) is 0 Å². The molecule has 1 aromatic rings. The van der Waals surface area contributed by atoms with Gasteiger partial charge in [0.2, 0.25) is 5.91 Å².